The first-order valence-corrected chi connectivity index (χ1v) is 8.66. The van der Waals surface area contributed by atoms with Gasteiger partial charge in [0.15, 0.2) is 6.29 Å². The fraction of sp³-hybridized carbons (Fsp3) is 0.684. The van der Waals surface area contributed by atoms with Crippen LogP contribution in [0.25, 0.3) is 0 Å². The summed E-state index contributed by atoms with van der Waals surface area (Å²) in [6, 6.07) is 10.4. The molecule has 2 aliphatic rings. The molecular weight excluding hydrogens is 276 g/mol. The summed E-state index contributed by atoms with van der Waals surface area (Å²) in [6.07, 6.45) is 3.99. The van der Waals surface area contributed by atoms with Crippen molar-refractivity contribution in [2.24, 2.45) is 17.8 Å². The molecule has 0 bridgehead atoms. The molecule has 1 aromatic rings. The van der Waals surface area contributed by atoms with Crippen molar-refractivity contribution in [1.29, 1.82) is 0 Å². The van der Waals surface area contributed by atoms with Crippen LogP contribution in [0.2, 0.25) is 0 Å². The van der Waals surface area contributed by atoms with E-state index in [1.165, 1.54) is 18.4 Å². The minimum Gasteiger partial charge on any atom is -0.376 e. The lowest BCUT2D eigenvalue weighted by atomic mass is 9.76. The summed E-state index contributed by atoms with van der Waals surface area (Å²) in [4.78, 5) is 0. The smallest absolute Gasteiger partial charge is 0.160 e. The molecule has 1 aliphatic heterocycles. The maximum Gasteiger partial charge on any atom is 0.160 e. The Hall–Kier alpha value is -0.900. The molecule has 0 amide bonds. The van der Waals surface area contributed by atoms with Gasteiger partial charge in [0.25, 0.3) is 0 Å². The number of hydrogen-bond acceptors (Lipinski definition) is 3. The zero-order valence-corrected chi connectivity index (χ0v) is 13.7. The van der Waals surface area contributed by atoms with Gasteiger partial charge < -0.3 is 14.2 Å². The zero-order chi connectivity index (χ0) is 15.4. The highest BCUT2D eigenvalue weighted by molar-refractivity contribution is 5.13. The number of benzene rings is 1. The summed E-state index contributed by atoms with van der Waals surface area (Å²) in [5.74, 6) is 1.82. The van der Waals surface area contributed by atoms with Gasteiger partial charge >= 0.3 is 0 Å². The van der Waals surface area contributed by atoms with Crippen molar-refractivity contribution in [3.05, 3.63) is 35.9 Å². The molecule has 3 nitrogen and oxygen atoms in total. The van der Waals surface area contributed by atoms with Gasteiger partial charge in [0.1, 0.15) is 0 Å². The van der Waals surface area contributed by atoms with E-state index in [-0.39, 0.29) is 6.29 Å². The number of fused-ring (bicyclic) bond motifs is 1. The molecule has 0 spiro atoms. The second kappa shape index (κ2) is 7.58. The molecule has 1 saturated carbocycles. The molecule has 2 unspecified atom stereocenters. The number of hydrogen-bond donors (Lipinski definition) is 0. The first-order valence-electron chi connectivity index (χ1n) is 8.66. The number of rotatable bonds is 6. The molecule has 1 saturated heterocycles. The Morgan fingerprint density at radius 2 is 2.00 bits per heavy atom. The number of ether oxygens (including phenoxy) is 3. The van der Waals surface area contributed by atoms with Crippen molar-refractivity contribution in [1.82, 2.24) is 0 Å². The van der Waals surface area contributed by atoms with Gasteiger partial charge in [0.2, 0.25) is 0 Å². The third-order valence-electron chi connectivity index (χ3n) is 5.16. The Balaban J connectivity index is 1.44. The van der Waals surface area contributed by atoms with E-state index in [9.17, 15) is 0 Å². The molecule has 0 N–H and O–H groups in total. The molecule has 1 heterocycles. The Morgan fingerprint density at radius 1 is 1.18 bits per heavy atom. The van der Waals surface area contributed by atoms with Crippen molar-refractivity contribution >= 4 is 0 Å². The first kappa shape index (κ1) is 16.0. The summed E-state index contributed by atoms with van der Waals surface area (Å²) in [7, 11) is 0. The van der Waals surface area contributed by atoms with E-state index in [0.717, 1.165) is 19.6 Å². The van der Waals surface area contributed by atoms with Crippen molar-refractivity contribution < 1.29 is 14.2 Å². The van der Waals surface area contributed by atoms with Crippen molar-refractivity contribution in [2.75, 3.05) is 13.2 Å². The van der Waals surface area contributed by atoms with Crippen LogP contribution in [-0.2, 0) is 20.8 Å². The van der Waals surface area contributed by atoms with Gasteiger partial charge in [-0.25, -0.2) is 0 Å². The highest BCUT2D eigenvalue weighted by Crippen LogP contribution is 2.43. The summed E-state index contributed by atoms with van der Waals surface area (Å²) >= 11 is 0. The quantitative estimate of drug-likeness (QED) is 0.794. The Kier molecular flexibility index (Phi) is 5.51. The van der Waals surface area contributed by atoms with E-state index >= 15 is 0 Å². The second-order valence-corrected chi connectivity index (χ2v) is 6.70. The maximum atomic E-state index is 6.14. The van der Waals surface area contributed by atoms with Crippen LogP contribution in [0.5, 0.6) is 0 Å². The predicted molar refractivity (Wildman–Crippen MR) is 86.4 cm³/mol. The highest BCUT2D eigenvalue weighted by atomic mass is 16.7. The van der Waals surface area contributed by atoms with Crippen LogP contribution in [-0.4, -0.2) is 25.6 Å². The molecule has 2 fully saturated rings. The summed E-state index contributed by atoms with van der Waals surface area (Å²) in [6.45, 7) is 6.60. The van der Waals surface area contributed by atoms with Gasteiger partial charge in [0.05, 0.1) is 12.7 Å². The third kappa shape index (κ3) is 3.70. The van der Waals surface area contributed by atoms with E-state index in [2.05, 4.69) is 31.2 Å². The third-order valence-corrected chi connectivity index (χ3v) is 5.16. The van der Waals surface area contributed by atoms with E-state index in [4.69, 9.17) is 14.2 Å². The lowest BCUT2D eigenvalue weighted by molar-refractivity contribution is -0.149. The fourth-order valence-corrected chi connectivity index (χ4v) is 3.92. The molecular formula is C19H28O3. The monoisotopic (exact) mass is 304 g/mol. The topological polar surface area (TPSA) is 27.7 Å². The van der Waals surface area contributed by atoms with E-state index in [1.807, 2.05) is 13.0 Å². The molecule has 0 aromatic heterocycles. The Labute approximate surface area is 134 Å². The molecule has 1 aliphatic carbocycles. The van der Waals surface area contributed by atoms with Gasteiger partial charge in [-0.2, -0.15) is 0 Å². The van der Waals surface area contributed by atoms with Crippen LogP contribution < -0.4 is 0 Å². The van der Waals surface area contributed by atoms with Crippen molar-refractivity contribution in [2.45, 2.75) is 52.1 Å². The maximum absolute atomic E-state index is 6.14. The lowest BCUT2D eigenvalue weighted by Gasteiger charge is -2.31. The molecule has 0 radical (unpaired) electrons. The standard InChI is InChI=1S/C19H28O3/c1-3-21-19-14(2)17-10-9-16(11-18(17)22-19)13-20-12-15-7-5-4-6-8-15/h4-8,14,16-19H,3,9-13H2,1-2H3/t14?,16-,17-,18-,19?/m1/s1. The summed E-state index contributed by atoms with van der Waals surface area (Å²) in [5.41, 5.74) is 1.25. The van der Waals surface area contributed by atoms with Crippen LogP contribution in [0.15, 0.2) is 30.3 Å². The minimum absolute atomic E-state index is 0.00369. The SMILES string of the molecule is CCOC1O[C@@H]2C[C@H](COCc3ccccc3)CC[C@@H]2C1C. The van der Waals surface area contributed by atoms with Crippen molar-refractivity contribution in [3.8, 4) is 0 Å². The average molecular weight is 304 g/mol. The zero-order valence-electron chi connectivity index (χ0n) is 13.7. The van der Waals surface area contributed by atoms with Crippen LogP contribution in [0.4, 0.5) is 0 Å². The molecule has 1 aromatic carbocycles. The largest absolute Gasteiger partial charge is 0.376 e. The molecule has 22 heavy (non-hydrogen) atoms. The van der Waals surface area contributed by atoms with E-state index in [1.54, 1.807) is 0 Å². The van der Waals surface area contributed by atoms with E-state index < -0.39 is 0 Å². The first-order chi connectivity index (χ1) is 10.8. The lowest BCUT2D eigenvalue weighted by Crippen LogP contribution is -2.30. The van der Waals surface area contributed by atoms with E-state index in [0.29, 0.717) is 30.5 Å². The van der Waals surface area contributed by atoms with Crippen molar-refractivity contribution in [3.63, 3.8) is 0 Å². The average Bonchev–Trinajstić information content (AvgIpc) is 2.85. The summed E-state index contributed by atoms with van der Waals surface area (Å²) < 4.78 is 17.8. The Morgan fingerprint density at radius 3 is 2.77 bits per heavy atom. The fourth-order valence-electron chi connectivity index (χ4n) is 3.92. The molecule has 122 valence electrons. The van der Waals surface area contributed by atoms with Gasteiger partial charge in [0, 0.05) is 19.1 Å². The van der Waals surface area contributed by atoms with Gasteiger partial charge in [-0.3, -0.25) is 0 Å². The molecule has 5 atom stereocenters. The van der Waals surface area contributed by atoms with Gasteiger partial charge in [-0.15, -0.1) is 0 Å². The normalized spacial score (nSPS) is 34.5. The molecule has 3 rings (SSSR count). The van der Waals surface area contributed by atoms with Gasteiger partial charge in [-0.05, 0) is 43.6 Å². The predicted octanol–water partition coefficient (Wildman–Crippen LogP) is 4.02. The summed E-state index contributed by atoms with van der Waals surface area (Å²) in [5, 5.41) is 0. The minimum atomic E-state index is 0.00369. The second-order valence-electron chi connectivity index (χ2n) is 6.70. The molecule has 3 heteroatoms. The van der Waals surface area contributed by atoms with Gasteiger partial charge in [-0.1, -0.05) is 37.3 Å². The van der Waals surface area contributed by atoms with Crippen LogP contribution in [0.1, 0.15) is 38.7 Å². The van der Waals surface area contributed by atoms with Crippen LogP contribution in [0, 0.1) is 17.8 Å². The van der Waals surface area contributed by atoms with Crippen LogP contribution in [0.3, 0.4) is 0 Å². The van der Waals surface area contributed by atoms with Crippen LogP contribution >= 0.6 is 0 Å². The highest BCUT2D eigenvalue weighted by Gasteiger charge is 2.45. The Bertz CT molecular complexity index is 447.